The molecule has 0 bridgehead atoms. The van der Waals surface area contributed by atoms with Crippen molar-refractivity contribution in [2.75, 3.05) is 5.88 Å². The average Bonchev–Trinajstić information content (AvgIpc) is 2.79. The smallest absolute Gasteiger partial charge is 0.115 e. The molecule has 0 radical (unpaired) electrons. The van der Waals surface area contributed by atoms with Crippen molar-refractivity contribution in [2.45, 2.75) is 6.42 Å². The Labute approximate surface area is 145 Å². The fourth-order valence-electron chi connectivity index (χ4n) is 2.31. The molecule has 108 valence electrons. The van der Waals surface area contributed by atoms with E-state index in [0.29, 0.717) is 22.3 Å². The molecule has 0 saturated heterocycles. The van der Waals surface area contributed by atoms with Crippen molar-refractivity contribution in [3.63, 3.8) is 0 Å². The third-order valence-corrected chi connectivity index (χ3v) is 4.46. The predicted molar refractivity (Wildman–Crippen MR) is 93.2 cm³/mol. The monoisotopic (exact) mass is 402 g/mol. The molecule has 0 saturated carbocycles. The van der Waals surface area contributed by atoms with Gasteiger partial charge in [-0.1, -0.05) is 45.2 Å². The maximum atomic E-state index is 6.39. The van der Waals surface area contributed by atoms with E-state index >= 15 is 0 Å². The van der Waals surface area contributed by atoms with E-state index in [4.69, 9.17) is 34.8 Å². The maximum Gasteiger partial charge on any atom is 0.115 e. The number of hydrogen-bond acceptors (Lipinski definition) is 1. The highest BCUT2D eigenvalue weighted by molar-refractivity contribution is 9.10. The summed E-state index contributed by atoms with van der Waals surface area (Å²) in [5, 5.41) is 1.26. The minimum absolute atomic E-state index is 0.481. The van der Waals surface area contributed by atoms with Crippen molar-refractivity contribution in [3.8, 4) is 5.69 Å². The van der Waals surface area contributed by atoms with Gasteiger partial charge in [0.25, 0.3) is 0 Å². The molecule has 0 fully saturated rings. The Morgan fingerprint density at radius 2 is 1.90 bits per heavy atom. The molecule has 0 atom stereocenters. The second-order valence-corrected chi connectivity index (χ2v) is 6.61. The first-order chi connectivity index (χ1) is 10.1. The van der Waals surface area contributed by atoms with Gasteiger partial charge in [0.15, 0.2) is 0 Å². The molecule has 6 heteroatoms. The van der Waals surface area contributed by atoms with Crippen LogP contribution in [0.4, 0.5) is 0 Å². The van der Waals surface area contributed by atoms with Crippen LogP contribution < -0.4 is 0 Å². The van der Waals surface area contributed by atoms with Crippen molar-refractivity contribution in [2.24, 2.45) is 0 Å². The van der Waals surface area contributed by atoms with E-state index in [9.17, 15) is 0 Å². The lowest BCUT2D eigenvalue weighted by molar-refractivity contribution is 0.912. The lowest BCUT2D eigenvalue weighted by Gasteiger charge is -2.11. The van der Waals surface area contributed by atoms with Crippen LogP contribution in [-0.2, 0) is 6.42 Å². The first-order valence-corrected chi connectivity index (χ1v) is 8.37. The number of benzene rings is 2. The number of nitrogens with zero attached hydrogens (tertiary/aromatic N) is 2. The fraction of sp³-hybridized carbons (Fsp3) is 0.133. The highest BCUT2D eigenvalue weighted by Gasteiger charge is 2.16. The van der Waals surface area contributed by atoms with Crippen molar-refractivity contribution in [3.05, 3.63) is 56.7 Å². The summed E-state index contributed by atoms with van der Waals surface area (Å²) in [7, 11) is 0. The normalized spacial score (nSPS) is 11.2. The Bertz CT molecular complexity index is 814. The van der Waals surface area contributed by atoms with Gasteiger partial charge in [0.2, 0.25) is 0 Å². The molecular weight excluding hydrogens is 394 g/mol. The third-order valence-electron chi connectivity index (χ3n) is 3.17. The Balaban J connectivity index is 2.35. The third kappa shape index (κ3) is 2.80. The summed E-state index contributed by atoms with van der Waals surface area (Å²) in [4.78, 5) is 4.63. The molecule has 3 aromatic rings. The lowest BCUT2D eigenvalue weighted by Crippen LogP contribution is -2.03. The molecule has 0 unspecified atom stereocenters. The van der Waals surface area contributed by atoms with Crippen molar-refractivity contribution >= 4 is 61.8 Å². The van der Waals surface area contributed by atoms with Gasteiger partial charge in [-0.05, 0) is 30.3 Å². The number of alkyl halides is 1. The van der Waals surface area contributed by atoms with Crippen LogP contribution in [0.1, 0.15) is 5.82 Å². The molecule has 0 aliphatic rings. The molecular formula is C15H10BrCl3N2. The number of rotatable bonds is 3. The van der Waals surface area contributed by atoms with Crippen LogP contribution in [0.15, 0.2) is 40.9 Å². The number of imidazole rings is 1. The lowest BCUT2D eigenvalue weighted by atomic mass is 10.2. The summed E-state index contributed by atoms with van der Waals surface area (Å²) in [5.74, 6) is 1.33. The first kappa shape index (κ1) is 15.2. The van der Waals surface area contributed by atoms with Crippen LogP contribution in [-0.4, -0.2) is 15.4 Å². The Hall–Kier alpha value is -0.740. The Morgan fingerprint density at radius 1 is 1.10 bits per heavy atom. The van der Waals surface area contributed by atoms with Gasteiger partial charge < -0.3 is 0 Å². The van der Waals surface area contributed by atoms with Crippen LogP contribution in [0.3, 0.4) is 0 Å². The molecule has 0 spiro atoms. The van der Waals surface area contributed by atoms with E-state index in [1.165, 1.54) is 0 Å². The molecule has 3 rings (SSSR count). The molecule has 21 heavy (non-hydrogen) atoms. The summed E-state index contributed by atoms with van der Waals surface area (Å²) in [5.41, 5.74) is 2.53. The number of halogens is 4. The summed E-state index contributed by atoms with van der Waals surface area (Å²) < 4.78 is 2.90. The topological polar surface area (TPSA) is 17.8 Å². The Kier molecular flexibility index (Phi) is 4.46. The number of para-hydroxylation sites is 1. The van der Waals surface area contributed by atoms with Gasteiger partial charge in [0, 0.05) is 16.8 Å². The highest BCUT2D eigenvalue weighted by Crippen LogP contribution is 2.32. The molecule has 0 N–H and O–H groups in total. The molecule has 1 heterocycles. The molecule has 1 aromatic heterocycles. The van der Waals surface area contributed by atoms with Gasteiger partial charge in [-0.15, -0.1) is 11.6 Å². The summed E-state index contributed by atoms with van der Waals surface area (Å²) in [6, 6.07) is 11.4. The van der Waals surface area contributed by atoms with Gasteiger partial charge in [0.1, 0.15) is 5.82 Å². The van der Waals surface area contributed by atoms with Gasteiger partial charge >= 0.3 is 0 Å². The summed E-state index contributed by atoms with van der Waals surface area (Å²) in [6.45, 7) is 0. The van der Waals surface area contributed by atoms with Crippen LogP contribution in [0, 0.1) is 0 Å². The zero-order valence-electron chi connectivity index (χ0n) is 10.8. The number of aromatic nitrogens is 2. The quantitative estimate of drug-likeness (QED) is 0.499. The average molecular weight is 405 g/mol. The standard InChI is InChI=1S/C15H10BrCl3N2/c16-9-4-5-13(11(19)8-9)21-14(6-7-17)20-12-3-1-2-10(18)15(12)21/h1-5,8H,6-7H2. The Morgan fingerprint density at radius 3 is 2.62 bits per heavy atom. The van der Waals surface area contributed by atoms with Crippen LogP contribution in [0.5, 0.6) is 0 Å². The zero-order chi connectivity index (χ0) is 15.0. The van der Waals surface area contributed by atoms with Crippen molar-refractivity contribution in [1.82, 2.24) is 9.55 Å². The first-order valence-electron chi connectivity index (χ1n) is 6.29. The maximum absolute atomic E-state index is 6.39. The van der Waals surface area contributed by atoms with Crippen molar-refractivity contribution < 1.29 is 0 Å². The number of fused-ring (bicyclic) bond motifs is 1. The van der Waals surface area contributed by atoms with Gasteiger partial charge in [-0.25, -0.2) is 4.98 Å². The van der Waals surface area contributed by atoms with Crippen LogP contribution in [0.25, 0.3) is 16.7 Å². The van der Waals surface area contributed by atoms with E-state index in [0.717, 1.165) is 27.0 Å². The molecule has 0 aliphatic heterocycles. The summed E-state index contributed by atoms with van der Waals surface area (Å²) in [6.07, 6.45) is 0.638. The van der Waals surface area contributed by atoms with E-state index in [-0.39, 0.29) is 0 Å². The largest absolute Gasteiger partial charge is 0.293 e. The van der Waals surface area contributed by atoms with Gasteiger partial charge in [-0.3, -0.25) is 4.57 Å². The van der Waals surface area contributed by atoms with Gasteiger partial charge in [0.05, 0.1) is 26.8 Å². The van der Waals surface area contributed by atoms with Gasteiger partial charge in [-0.2, -0.15) is 0 Å². The van der Waals surface area contributed by atoms with Crippen LogP contribution in [0.2, 0.25) is 10.0 Å². The minimum Gasteiger partial charge on any atom is -0.293 e. The SMILES string of the molecule is ClCCc1nc2cccc(Cl)c2n1-c1ccc(Br)cc1Cl. The molecule has 0 aliphatic carbocycles. The number of aryl methyl sites for hydroxylation is 1. The molecule has 0 amide bonds. The minimum atomic E-state index is 0.481. The van der Waals surface area contributed by atoms with E-state index in [1.807, 2.05) is 41.0 Å². The molecule has 2 nitrogen and oxygen atoms in total. The van der Waals surface area contributed by atoms with Crippen LogP contribution >= 0.6 is 50.7 Å². The van der Waals surface area contributed by atoms with Crippen molar-refractivity contribution in [1.29, 1.82) is 0 Å². The molecule has 2 aromatic carbocycles. The second kappa shape index (κ2) is 6.17. The fourth-order valence-corrected chi connectivity index (χ4v) is 3.49. The second-order valence-electron chi connectivity index (χ2n) is 4.51. The summed E-state index contributed by atoms with van der Waals surface area (Å²) >= 11 is 22.1. The van der Waals surface area contributed by atoms with E-state index in [1.54, 1.807) is 0 Å². The zero-order valence-corrected chi connectivity index (χ0v) is 14.6. The van der Waals surface area contributed by atoms with E-state index < -0.39 is 0 Å². The predicted octanol–water partition coefficient (Wildman–Crippen LogP) is 5.88. The number of hydrogen-bond donors (Lipinski definition) is 0. The highest BCUT2D eigenvalue weighted by atomic mass is 79.9. The van der Waals surface area contributed by atoms with E-state index in [2.05, 4.69) is 20.9 Å².